The van der Waals surface area contributed by atoms with E-state index in [-0.39, 0.29) is 5.91 Å². The first-order chi connectivity index (χ1) is 10.3. The molecular weight excluding hydrogens is 300 g/mol. The summed E-state index contributed by atoms with van der Waals surface area (Å²) < 4.78 is 0.541. The molecule has 0 saturated carbocycles. The van der Waals surface area contributed by atoms with Crippen LogP contribution in [0.25, 0.3) is 0 Å². The number of nitrogens with one attached hydrogen (secondary N) is 1. The van der Waals surface area contributed by atoms with Gasteiger partial charge in [0.2, 0.25) is 0 Å². The van der Waals surface area contributed by atoms with Crippen molar-refractivity contribution in [2.45, 2.75) is 23.5 Å². The van der Waals surface area contributed by atoms with Crippen LogP contribution in [0.15, 0.2) is 24.3 Å². The molecule has 2 aliphatic heterocycles. The maximum Gasteiger partial charge on any atom is 0.253 e. The van der Waals surface area contributed by atoms with Crippen molar-refractivity contribution in [2.24, 2.45) is 0 Å². The molecule has 0 aromatic heterocycles. The van der Waals surface area contributed by atoms with Crippen molar-refractivity contribution in [3.63, 3.8) is 0 Å². The second kappa shape index (κ2) is 7.07. The van der Waals surface area contributed by atoms with Crippen LogP contribution in [0, 0.1) is 0 Å². The fourth-order valence-electron chi connectivity index (χ4n) is 2.80. The van der Waals surface area contributed by atoms with E-state index in [1.54, 1.807) is 0 Å². The van der Waals surface area contributed by atoms with Crippen molar-refractivity contribution in [3.8, 4) is 0 Å². The Labute approximate surface area is 135 Å². The van der Waals surface area contributed by atoms with Crippen LogP contribution in [-0.2, 0) is 0 Å². The molecule has 0 bridgehead atoms. The monoisotopic (exact) mass is 322 g/mol. The lowest BCUT2D eigenvalue weighted by Gasteiger charge is -2.24. The minimum absolute atomic E-state index is 0.138. The SMILES string of the molecule is CN(C(=O)c1ccc(C2SCCCS2)cc1)C1CCNC1. The quantitative estimate of drug-likeness (QED) is 0.927. The van der Waals surface area contributed by atoms with E-state index < -0.39 is 0 Å². The van der Waals surface area contributed by atoms with Crippen molar-refractivity contribution in [1.29, 1.82) is 0 Å². The molecule has 1 atom stereocenters. The summed E-state index contributed by atoms with van der Waals surface area (Å²) in [4.78, 5) is 14.4. The number of likely N-dealkylation sites (N-methyl/N-ethyl adjacent to an activating group) is 1. The summed E-state index contributed by atoms with van der Waals surface area (Å²) in [5, 5.41) is 3.31. The van der Waals surface area contributed by atoms with E-state index in [1.807, 2.05) is 47.6 Å². The van der Waals surface area contributed by atoms with Crippen molar-refractivity contribution in [1.82, 2.24) is 10.2 Å². The Morgan fingerprint density at radius 1 is 1.24 bits per heavy atom. The molecule has 1 aromatic rings. The molecule has 1 amide bonds. The van der Waals surface area contributed by atoms with Crippen LogP contribution in [0.2, 0.25) is 0 Å². The number of amides is 1. The predicted octanol–water partition coefficient (Wildman–Crippen LogP) is 2.99. The topological polar surface area (TPSA) is 32.3 Å². The molecule has 1 N–H and O–H groups in total. The Morgan fingerprint density at radius 2 is 1.95 bits per heavy atom. The first-order valence-corrected chi connectivity index (χ1v) is 9.66. The van der Waals surface area contributed by atoms with Crippen LogP contribution in [0.4, 0.5) is 0 Å². The number of nitrogens with zero attached hydrogens (tertiary/aromatic N) is 1. The average Bonchev–Trinajstić information content (AvgIpc) is 3.09. The van der Waals surface area contributed by atoms with E-state index in [0.29, 0.717) is 10.6 Å². The van der Waals surface area contributed by atoms with Gasteiger partial charge in [-0.25, -0.2) is 0 Å². The number of carbonyl (C=O) groups is 1. The molecule has 2 saturated heterocycles. The molecule has 0 aliphatic carbocycles. The zero-order valence-electron chi connectivity index (χ0n) is 12.4. The molecule has 5 heteroatoms. The first kappa shape index (κ1) is 15.3. The van der Waals surface area contributed by atoms with E-state index in [0.717, 1.165) is 25.1 Å². The van der Waals surface area contributed by atoms with E-state index in [2.05, 4.69) is 17.4 Å². The minimum atomic E-state index is 0.138. The van der Waals surface area contributed by atoms with Crippen LogP contribution in [0.5, 0.6) is 0 Å². The van der Waals surface area contributed by atoms with Gasteiger partial charge >= 0.3 is 0 Å². The lowest BCUT2D eigenvalue weighted by molar-refractivity contribution is 0.0744. The Morgan fingerprint density at radius 3 is 2.57 bits per heavy atom. The highest BCUT2D eigenvalue weighted by Gasteiger charge is 2.24. The molecule has 2 aliphatic rings. The van der Waals surface area contributed by atoms with Gasteiger partial charge in [0.25, 0.3) is 5.91 Å². The van der Waals surface area contributed by atoms with Crippen molar-refractivity contribution in [2.75, 3.05) is 31.6 Å². The fourth-order valence-corrected chi connectivity index (χ4v) is 5.70. The first-order valence-electron chi connectivity index (χ1n) is 7.57. The van der Waals surface area contributed by atoms with E-state index >= 15 is 0 Å². The van der Waals surface area contributed by atoms with Crippen LogP contribution in [0.1, 0.15) is 33.3 Å². The van der Waals surface area contributed by atoms with Gasteiger partial charge in [0.1, 0.15) is 0 Å². The summed E-state index contributed by atoms with van der Waals surface area (Å²) in [5.41, 5.74) is 2.14. The van der Waals surface area contributed by atoms with Crippen LogP contribution in [-0.4, -0.2) is 48.5 Å². The van der Waals surface area contributed by atoms with Gasteiger partial charge in [-0.15, -0.1) is 23.5 Å². The number of thioether (sulfide) groups is 2. The smallest absolute Gasteiger partial charge is 0.253 e. The molecule has 1 unspecified atom stereocenters. The highest BCUT2D eigenvalue weighted by molar-refractivity contribution is 8.16. The summed E-state index contributed by atoms with van der Waals surface area (Å²) in [6.45, 7) is 1.92. The maximum atomic E-state index is 12.5. The number of rotatable bonds is 3. The largest absolute Gasteiger partial charge is 0.337 e. The molecule has 3 nitrogen and oxygen atoms in total. The lowest BCUT2D eigenvalue weighted by atomic mass is 10.1. The molecular formula is C16H22N2OS2. The van der Waals surface area contributed by atoms with Crippen LogP contribution < -0.4 is 5.32 Å². The standard InChI is InChI=1S/C16H22N2OS2/c1-18(14-7-8-17-11-14)15(19)12-3-5-13(6-4-12)16-20-9-2-10-21-16/h3-6,14,16-17H,2,7-11H2,1H3. The van der Waals surface area contributed by atoms with Crippen LogP contribution >= 0.6 is 23.5 Å². The Kier molecular flexibility index (Phi) is 5.14. The van der Waals surface area contributed by atoms with Crippen molar-refractivity contribution >= 4 is 29.4 Å². The van der Waals surface area contributed by atoms with Gasteiger partial charge in [-0.3, -0.25) is 4.79 Å². The molecule has 1 aromatic carbocycles. The fraction of sp³-hybridized carbons (Fsp3) is 0.562. The highest BCUT2D eigenvalue weighted by Crippen LogP contribution is 2.43. The molecule has 2 heterocycles. The molecule has 2 fully saturated rings. The molecule has 0 spiro atoms. The summed E-state index contributed by atoms with van der Waals surface area (Å²) >= 11 is 4.03. The summed E-state index contributed by atoms with van der Waals surface area (Å²) in [6.07, 6.45) is 2.36. The van der Waals surface area contributed by atoms with Gasteiger partial charge in [0.05, 0.1) is 4.58 Å². The summed E-state index contributed by atoms with van der Waals surface area (Å²) in [6, 6.07) is 8.58. The third kappa shape index (κ3) is 3.58. The second-order valence-corrected chi connectivity index (χ2v) is 8.34. The lowest BCUT2D eigenvalue weighted by Crippen LogP contribution is -2.38. The normalized spacial score (nSPS) is 23.2. The Bertz CT molecular complexity index is 480. The zero-order chi connectivity index (χ0) is 14.7. The van der Waals surface area contributed by atoms with Crippen molar-refractivity contribution < 1.29 is 4.79 Å². The molecule has 3 rings (SSSR count). The van der Waals surface area contributed by atoms with Crippen LogP contribution in [0.3, 0.4) is 0 Å². The van der Waals surface area contributed by atoms with Gasteiger partial charge in [-0.05, 0) is 48.6 Å². The van der Waals surface area contributed by atoms with E-state index in [4.69, 9.17) is 0 Å². The third-order valence-electron chi connectivity index (χ3n) is 4.16. The van der Waals surface area contributed by atoms with Gasteiger partial charge in [0.15, 0.2) is 0 Å². The molecule has 21 heavy (non-hydrogen) atoms. The summed E-state index contributed by atoms with van der Waals surface area (Å²) in [7, 11) is 1.92. The van der Waals surface area contributed by atoms with E-state index in [1.165, 1.54) is 23.5 Å². The van der Waals surface area contributed by atoms with Crippen molar-refractivity contribution in [3.05, 3.63) is 35.4 Å². The van der Waals surface area contributed by atoms with E-state index in [9.17, 15) is 4.79 Å². The predicted molar refractivity (Wildman–Crippen MR) is 92.1 cm³/mol. The zero-order valence-corrected chi connectivity index (χ0v) is 14.0. The third-order valence-corrected chi connectivity index (χ3v) is 7.17. The van der Waals surface area contributed by atoms with Gasteiger partial charge in [-0.1, -0.05) is 12.1 Å². The number of hydrogen-bond donors (Lipinski definition) is 1. The average molecular weight is 322 g/mol. The minimum Gasteiger partial charge on any atom is -0.337 e. The number of hydrogen-bond acceptors (Lipinski definition) is 4. The van der Waals surface area contributed by atoms with Gasteiger partial charge in [0, 0.05) is 25.2 Å². The maximum absolute atomic E-state index is 12.5. The number of benzene rings is 1. The Balaban J connectivity index is 1.66. The van der Waals surface area contributed by atoms with Gasteiger partial charge in [-0.2, -0.15) is 0 Å². The Hall–Kier alpha value is -0.650. The molecule has 114 valence electrons. The second-order valence-electron chi connectivity index (χ2n) is 5.61. The highest BCUT2D eigenvalue weighted by atomic mass is 32.2. The van der Waals surface area contributed by atoms with Gasteiger partial charge < -0.3 is 10.2 Å². The molecule has 0 radical (unpaired) electrons. The summed E-state index contributed by atoms with van der Waals surface area (Å²) in [5.74, 6) is 2.63. The number of carbonyl (C=O) groups excluding carboxylic acids is 1.